The number of aliphatic imine (C=N–C) groups is 1. The van der Waals surface area contributed by atoms with E-state index in [0.717, 1.165) is 21.9 Å². The number of nitrogens with zero attached hydrogens (tertiary/aromatic N) is 1. The van der Waals surface area contributed by atoms with Crippen LogP contribution in [0.3, 0.4) is 0 Å². The zero-order valence-corrected chi connectivity index (χ0v) is 10.7. The molecule has 4 heteroatoms. The molecule has 1 aromatic rings. The van der Waals surface area contributed by atoms with Gasteiger partial charge >= 0.3 is 0 Å². The van der Waals surface area contributed by atoms with E-state index in [2.05, 4.69) is 60.3 Å². The Hall–Kier alpha value is -0.0200. The first kappa shape index (κ1) is 11.1. The Morgan fingerprint density at radius 1 is 1.31 bits per heavy atom. The fourth-order valence-electron chi connectivity index (χ4n) is 0.987. The van der Waals surface area contributed by atoms with Gasteiger partial charge in [-0.05, 0) is 29.4 Å². The third-order valence-electron chi connectivity index (χ3n) is 1.61. The summed E-state index contributed by atoms with van der Waals surface area (Å²) in [5.74, 6) is 0. The van der Waals surface area contributed by atoms with Gasteiger partial charge in [-0.1, -0.05) is 44.0 Å². The molecule has 0 atom stereocenters. The van der Waals surface area contributed by atoms with Crippen molar-refractivity contribution in [2.75, 3.05) is 0 Å². The molecule has 0 radical (unpaired) electrons. The molecule has 13 heavy (non-hydrogen) atoms. The van der Waals surface area contributed by atoms with Crippen LogP contribution in [0.1, 0.15) is 11.1 Å². The van der Waals surface area contributed by atoms with E-state index in [-0.39, 0.29) is 0 Å². The first-order valence-corrected chi connectivity index (χ1v) is 6.28. The second kappa shape index (κ2) is 5.66. The van der Waals surface area contributed by atoms with Crippen LogP contribution in [0.25, 0.3) is 0 Å². The van der Waals surface area contributed by atoms with E-state index < -0.39 is 0 Å². The van der Waals surface area contributed by atoms with Gasteiger partial charge in [-0.15, -0.1) is 0 Å². The van der Waals surface area contributed by atoms with E-state index in [1.54, 1.807) is 0 Å². The van der Waals surface area contributed by atoms with Gasteiger partial charge < -0.3 is 0 Å². The van der Waals surface area contributed by atoms with Gasteiger partial charge in [-0.25, -0.2) is 0 Å². The second-order valence-electron chi connectivity index (χ2n) is 2.43. The highest BCUT2D eigenvalue weighted by Crippen LogP contribution is 2.23. The van der Waals surface area contributed by atoms with Crippen molar-refractivity contribution in [1.29, 1.82) is 0 Å². The molecule has 0 aliphatic carbocycles. The Morgan fingerprint density at radius 2 is 2.08 bits per heavy atom. The zero-order valence-electron chi connectivity index (χ0n) is 6.76. The number of thiocarbonyl (C=S) groups is 1. The van der Waals surface area contributed by atoms with Crippen LogP contribution in [0.2, 0.25) is 0 Å². The summed E-state index contributed by atoms with van der Waals surface area (Å²) < 4.78 is 0. The summed E-state index contributed by atoms with van der Waals surface area (Å²) in [6, 6.07) is 6.06. The smallest absolute Gasteiger partial charge is 0.0780 e. The Bertz CT molecular complexity index is 345. The van der Waals surface area contributed by atoms with Crippen LogP contribution in [0.15, 0.2) is 23.2 Å². The molecule has 0 fully saturated rings. The maximum absolute atomic E-state index is 4.56. The highest BCUT2D eigenvalue weighted by atomic mass is 79.9. The Balaban J connectivity index is 3.15. The van der Waals surface area contributed by atoms with Crippen molar-refractivity contribution in [3.05, 3.63) is 29.3 Å². The van der Waals surface area contributed by atoms with E-state index in [9.17, 15) is 0 Å². The van der Waals surface area contributed by atoms with Crippen LogP contribution >= 0.6 is 44.1 Å². The quantitative estimate of drug-likeness (QED) is 0.461. The lowest BCUT2D eigenvalue weighted by atomic mass is 10.1. The predicted molar refractivity (Wildman–Crippen MR) is 66.4 cm³/mol. The molecule has 0 aliphatic rings. The molecular formula is C9H7Br2NS. The molecule has 1 aromatic carbocycles. The molecule has 1 rings (SSSR count). The molecule has 0 saturated carbocycles. The number of rotatable bonds is 3. The summed E-state index contributed by atoms with van der Waals surface area (Å²) in [7, 11) is 0. The summed E-state index contributed by atoms with van der Waals surface area (Å²) in [6.07, 6.45) is 0. The molecule has 0 aliphatic heterocycles. The van der Waals surface area contributed by atoms with Crippen molar-refractivity contribution in [3.63, 3.8) is 0 Å². The lowest BCUT2D eigenvalue weighted by Gasteiger charge is -2.02. The largest absolute Gasteiger partial charge is 0.194 e. The van der Waals surface area contributed by atoms with Gasteiger partial charge in [0.05, 0.1) is 10.8 Å². The zero-order chi connectivity index (χ0) is 9.68. The minimum absolute atomic E-state index is 0.781. The highest BCUT2D eigenvalue weighted by Gasteiger charge is 2.00. The van der Waals surface area contributed by atoms with Crippen molar-refractivity contribution in [1.82, 2.24) is 0 Å². The van der Waals surface area contributed by atoms with E-state index in [0.29, 0.717) is 0 Å². The van der Waals surface area contributed by atoms with Gasteiger partial charge in [0, 0.05) is 10.7 Å². The van der Waals surface area contributed by atoms with E-state index >= 15 is 0 Å². The monoisotopic (exact) mass is 319 g/mol. The lowest BCUT2D eigenvalue weighted by Crippen LogP contribution is -1.83. The maximum atomic E-state index is 4.56. The molecule has 0 heterocycles. The van der Waals surface area contributed by atoms with Gasteiger partial charge in [0.1, 0.15) is 0 Å². The number of alkyl halides is 2. The van der Waals surface area contributed by atoms with Crippen LogP contribution in [0, 0.1) is 0 Å². The van der Waals surface area contributed by atoms with Crippen LogP contribution in [-0.2, 0) is 10.7 Å². The first-order chi connectivity index (χ1) is 6.31. The fourth-order valence-corrected chi connectivity index (χ4v) is 1.88. The van der Waals surface area contributed by atoms with Gasteiger partial charge in [0.25, 0.3) is 0 Å². The number of hydrogen-bond donors (Lipinski definition) is 0. The van der Waals surface area contributed by atoms with Crippen molar-refractivity contribution >= 4 is 54.9 Å². The van der Waals surface area contributed by atoms with Crippen LogP contribution in [0.5, 0.6) is 0 Å². The van der Waals surface area contributed by atoms with Crippen molar-refractivity contribution in [2.45, 2.75) is 10.7 Å². The molecule has 1 nitrogen and oxygen atoms in total. The lowest BCUT2D eigenvalue weighted by molar-refractivity contribution is 1.32. The summed E-state index contributed by atoms with van der Waals surface area (Å²) in [5, 5.41) is 4.01. The molecule has 0 spiro atoms. The number of halogens is 2. The van der Waals surface area contributed by atoms with Gasteiger partial charge in [0.15, 0.2) is 0 Å². The fraction of sp³-hybridized carbons (Fsp3) is 0.222. The molecular weight excluding hydrogens is 314 g/mol. The predicted octanol–water partition coefficient (Wildman–Crippen LogP) is 4.21. The Morgan fingerprint density at radius 3 is 2.62 bits per heavy atom. The average Bonchev–Trinajstić information content (AvgIpc) is 2.19. The third-order valence-corrected chi connectivity index (χ3v) is 2.95. The molecule has 68 valence electrons. The van der Waals surface area contributed by atoms with Gasteiger partial charge in [-0.2, -0.15) is 4.99 Å². The van der Waals surface area contributed by atoms with Crippen molar-refractivity contribution in [2.24, 2.45) is 4.99 Å². The summed E-state index contributed by atoms with van der Waals surface area (Å²) in [6.45, 7) is 0. The average molecular weight is 321 g/mol. The summed E-state index contributed by atoms with van der Waals surface area (Å²) >= 11 is 11.4. The topological polar surface area (TPSA) is 12.4 Å². The molecule has 0 amide bonds. The van der Waals surface area contributed by atoms with E-state index in [4.69, 9.17) is 0 Å². The molecule has 0 unspecified atom stereocenters. The minimum Gasteiger partial charge on any atom is -0.194 e. The van der Waals surface area contributed by atoms with Gasteiger partial charge in [-0.3, -0.25) is 0 Å². The normalized spacial score (nSPS) is 9.38. The SMILES string of the molecule is S=C=Nc1ccc(CBr)cc1CBr. The number of benzene rings is 1. The summed E-state index contributed by atoms with van der Waals surface area (Å²) in [4.78, 5) is 3.97. The van der Waals surface area contributed by atoms with E-state index in [1.165, 1.54) is 5.56 Å². The first-order valence-electron chi connectivity index (χ1n) is 3.63. The summed E-state index contributed by atoms with van der Waals surface area (Å²) in [5.41, 5.74) is 3.25. The maximum Gasteiger partial charge on any atom is 0.0780 e. The molecule has 0 saturated heterocycles. The highest BCUT2D eigenvalue weighted by molar-refractivity contribution is 9.08. The molecule has 0 aromatic heterocycles. The number of isothiocyanates is 1. The Kier molecular flexibility index (Phi) is 4.81. The number of hydrogen-bond acceptors (Lipinski definition) is 2. The van der Waals surface area contributed by atoms with Crippen LogP contribution < -0.4 is 0 Å². The van der Waals surface area contributed by atoms with Crippen molar-refractivity contribution < 1.29 is 0 Å². The third kappa shape index (κ3) is 2.99. The standard InChI is InChI=1S/C9H7Br2NS/c10-4-7-1-2-9(12-6-13)8(3-7)5-11/h1-3H,4-5H2. The van der Waals surface area contributed by atoms with Crippen molar-refractivity contribution in [3.8, 4) is 0 Å². The molecule has 0 bridgehead atoms. The van der Waals surface area contributed by atoms with Crippen LogP contribution in [0.4, 0.5) is 5.69 Å². The van der Waals surface area contributed by atoms with E-state index in [1.807, 2.05) is 12.1 Å². The van der Waals surface area contributed by atoms with Crippen LogP contribution in [-0.4, -0.2) is 5.16 Å². The molecule has 0 N–H and O–H groups in total. The van der Waals surface area contributed by atoms with Gasteiger partial charge in [0.2, 0.25) is 0 Å². The Labute approximate surface area is 99.5 Å². The minimum atomic E-state index is 0.781. The second-order valence-corrected chi connectivity index (χ2v) is 3.74.